The van der Waals surface area contributed by atoms with E-state index in [1.54, 1.807) is 11.8 Å². The van der Waals surface area contributed by atoms with Crippen molar-refractivity contribution in [3.63, 3.8) is 0 Å². The summed E-state index contributed by atoms with van der Waals surface area (Å²) in [4.78, 5) is 45.5. The van der Waals surface area contributed by atoms with Gasteiger partial charge in [0.25, 0.3) is 0 Å². The molecule has 8 atom stereocenters. The molecule has 5 rings (SSSR count). The number of rotatable bonds is 10. The van der Waals surface area contributed by atoms with E-state index >= 15 is 0 Å². The number of ether oxygens (including phenoxy) is 1. The molecule has 2 amide bonds. The Kier molecular flexibility index (Phi) is 7.77. The first kappa shape index (κ1) is 27.1. The molecule has 3 aliphatic heterocycles. The molecule has 7 N–H and O–H groups in total. The van der Waals surface area contributed by atoms with Crippen LogP contribution in [0.15, 0.2) is 12.7 Å². The smallest absolute Gasteiger partial charge is 0.387 e. The minimum atomic E-state index is -4.80. The normalized spacial score (nSPS) is 32.1. The zero-order valence-corrected chi connectivity index (χ0v) is 21.7. The van der Waals surface area contributed by atoms with Crippen LogP contribution in [0.4, 0.5) is 10.6 Å². The third kappa shape index (κ3) is 5.59. The number of aliphatic hydroxyl groups excluding tert-OH is 2. The monoisotopic (exact) mass is 573 g/mol. The van der Waals surface area contributed by atoms with Crippen LogP contribution in [-0.2, 0) is 23.1 Å². The van der Waals surface area contributed by atoms with E-state index in [1.165, 1.54) is 17.2 Å². The fourth-order valence-electron chi connectivity index (χ4n) is 4.78. The highest BCUT2D eigenvalue weighted by Crippen LogP contribution is 2.45. The topological polar surface area (TPSA) is 233 Å². The fourth-order valence-corrected chi connectivity index (χ4v) is 7.06. The summed E-state index contributed by atoms with van der Waals surface area (Å²) in [6.07, 6.45) is -0.985. The summed E-state index contributed by atoms with van der Waals surface area (Å²) in [6, 6.07) is 0.0180. The van der Waals surface area contributed by atoms with Crippen molar-refractivity contribution in [1.29, 1.82) is 0 Å². The van der Waals surface area contributed by atoms with Gasteiger partial charge in [-0.2, -0.15) is 11.8 Å². The van der Waals surface area contributed by atoms with Gasteiger partial charge < -0.3 is 35.8 Å². The van der Waals surface area contributed by atoms with Crippen molar-refractivity contribution in [1.82, 2.24) is 30.2 Å². The largest absolute Gasteiger partial charge is 0.529 e. The number of carbonyl (C=O) groups excluding carboxylic acids is 2. The maximum Gasteiger partial charge on any atom is 0.529 e. The molecule has 0 spiro atoms. The first-order valence-corrected chi connectivity index (χ1v) is 14.5. The van der Waals surface area contributed by atoms with Crippen LogP contribution in [0.3, 0.4) is 0 Å². The van der Waals surface area contributed by atoms with Crippen molar-refractivity contribution in [2.45, 2.75) is 67.6 Å². The molecule has 208 valence electrons. The van der Waals surface area contributed by atoms with Gasteiger partial charge in [0.1, 0.15) is 30.2 Å². The van der Waals surface area contributed by atoms with Gasteiger partial charge in [0.2, 0.25) is 0 Å². The molecule has 0 saturated carbocycles. The Morgan fingerprint density at radius 3 is 2.89 bits per heavy atom. The second-order valence-electron chi connectivity index (χ2n) is 9.22. The van der Waals surface area contributed by atoms with E-state index in [0.717, 1.165) is 12.2 Å². The zero-order chi connectivity index (χ0) is 27.0. The molecule has 0 radical (unpaired) electrons. The summed E-state index contributed by atoms with van der Waals surface area (Å²) in [7, 11) is -4.80. The fraction of sp³-hybridized carbons (Fsp3) is 0.650. The highest BCUT2D eigenvalue weighted by molar-refractivity contribution is 8.00. The third-order valence-corrected chi connectivity index (χ3v) is 9.09. The molecular weight excluding hydrogens is 545 g/mol. The number of phosphoric ester groups is 1. The van der Waals surface area contributed by atoms with E-state index in [2.05, 4.69) is 30.1 Å². The molecule has 3 saturated heterocycles. The number of nitrogen functional groups attached to an aromatic ring is 1. The summed E-state index contributed by atoms with van der Waals surface area (Å²) in [6.45, 7) is -0.638. The molecule has 0 bridgehead atoms. The van der Waals surface area contributed by atoms with Gasteiger partial charge >= 0.3 is 19.8 Å². The summed E-state index contributed by atoms with van der Waals surface area (Å²) in [5.74, 6) is 0.0483. The number of nitrogens with one attached hydrogen (secondary N) is 2. The van der Waals surface area contributed by atoms with Crippen LogP contribution >= 0.6 is 19.6 Å². The maximum absolute atomic E-state index is 12.3. The summed E-state index contributed by atoms with van der Waals surface area (Å²) in [5, 5.41) is 26.9. The lowest BCUT2D eigenvalue weighted by Gasteiger charge is -2.18. The van der Waals surface area contributed by atoms with Gasteiger partial charge in [-0.3, -0.25) is 18.8 Å². The molecule has 18 heteroatoms. The van der Waals surface area contributed by atoms with Crippen LogP contribution in [0.2, 0.25) is 0 Å². The molecule has 0 aliphatic carbocycles. The van der Waals surface area contributed by atoms with Crippen molar-refractivity contribution in [3.8, 4) is 0 Å². The molecule has 16 nitrogen and oxygen atoms in total. The average Bonchev–Trinajstić information content (AvgIpc) is 3.61. The molecule has 4 unspecified atom stereocenters. The highest BCUT2D eigenvalue weighted by atomic mass is 32.2. The number of anilines is 1. The number of imidazole rings is 1. The molecule has 2 aromatic rings. The molecule has 3 aliphatic rings. The zero-order valence-electron chi connectivity index (χ0n) is 20.0. The average molecular weight is 574 g/mol. The highest BCUT2D eigenvalue weighted by Gasteiger charge is 2.46. The lowest BCUT2D eigenvalue weighted by molar-refractivity contribution is -0.136. The first-order chi connectivity index (χ1) is 18.1. The minimum absolute atomic E-state index is 0.0655. The number of nitrogens with zero attached hydrogens (tertiary/aromatic N) is 4. The lowest BCUT2D eigenvalue weighted by atomic mass is 10.0. The number of phosphoric acid groups is 1. The number of hydrogen-bond donors (Lipinski definition) is 6. The maximum atomic E-state index is 12.3. The second-order valence-corrected chi connectivity index (χ2v) is 11.9. The van der Waals surface area contributed by atoms with Crippen LogP contribution in [0, 0.1) is 0 Å². The van der Waals surface area contributed by atoms with Gasteiger partial charge in [-0.25, -0.2) is 24.3 Å². The Morgan fingerprint density at radius 1 is 1.26 bits per heavy atom. The van der Waals surface area contributed by atoms with E-state index in [4.69, 9.17) is 15.0 Å². The van der Waals surface area contributed by atoms with Gasteiger partial charge in [0.15, 0.2) is 17.7 Å². The summed E-state index contributed by atoms with van der Waals surface area (Å²) >= 11 is 1.76. The van der Waals surface area contributed by atoms with Gasteiger partial charge in [0, 0.05) is 17.4 Å². The summed E-state index contributed by atoms with van der Waals surface area (Å²) < 4.78 is 28.8. The van der Waals surface area contributed by atoms with E-state index in [1.807, 2.05) is 0 Å². The van der Waals surface area contributed by atoms with Crippen molar-refractivity contribution < 1.29 is 43.0 Å². The molecule has 3 fully saturated rings. The minimum Gasteiger partial charge on any atom is -0.387 e. The Hall–Kier alpha value is -2.53. The predicted octanol–water partition coefficient (Wildman–Crippen LogP) is -0.586. The van der Waals surface area contributed by atoms with Crippen molar-refractivity contribution in [2.24, 2.45) is 0 Å². The van der Waals surface area contributed by atoms with E-state index in [-0.39, 0.29) is 46.8 Å². The van der Waals surface area contributed by atoms with Crippen LogP contribution in [-0.4, -0.2) is 94.6 Å². The van der Waals surface area contributed by atoms with Crippen LogP contribution in [0.1, 0.15) is 31.9 Å². The Morgan fingerprint density at radius 2 is 2.08 bits per heavy atom. The van der Waals surface area contributed by atoms with Crippen molar-refractivity contribution in [3.05, 3.63) is 12.7 Å². The summed E-state index contributed by atoms with van der Waals surface area (Å²) in [5.41, 5.74) is 6.30. The molecular formula is C20H28N7O9PS. The van der Waals surface area contributed by atoms with Crippen molar-refractivity contribution in [2.75, 3.05) is 18.1 Å². The Labute approximate surface area is 220 Å². The first-order valence-electron chi connectivity index (χ1n) is 12.0. The number of thioether (sulfide) groups is 1. The third-order valence-electron chi connectivity index (χ3n) is 6.68. The second kappa shape index (κ2) is 10.9. The van der Waals surface area contributed by atoms with Crippen molar-refractivity contribution >= 4 is 48.6 Å². The van der Waals surface area contributed by atoms with Crippen LogP contribution in [0.25, 0.3) is 11.2 Å². The molecule has 5 heterocycles. The Balaban J connectivity index is 1.06. The number of aliphatic hydroxyl groups is 2. The molecule has 0 aromatic carbocycles. The number of aromatic nitrogens is 4. The van der Waals surface area contributed by atoms with E-state index in [9.17, 15) is 29.3 Å². The van der Waals surface area contributed by atoms with Gasteiger partial charge in [-0.15, -0.1) is 0 Å². The lowest BCUT2D eigenvalue weighted by Crippen LogP contribution is -2.36. The molecule has 38 heavy (non-hydrogen) atoms. The van der Waals surface area contributed by atoms with Crippen LogP contribution < -0.4 is 16.4 Å². The number of unbranched alkanes of at least 4 members (excludes halogenated alkanes) is 1. The van der Waals surface area contributed by atoms with E-state index in [0.29, 0.717) is 12.8 Å². The number of carbonyl (C=O) groups is 2. The standard InChI is InChI=1S/C20H28N7O9PS/c21-17-14-18(23-7-22-17)27(8-24-14)19-16(30)15(29)10(35-19)5-34-37(32,33)36-12(28)4-2-1-3-11-13-9(6-38-11)25-20(31)26-13/h7-11,13,15-16,19,29-30H,1-6H2,(H,32,33)(H2,21,22,23)(H2,25,26,31)/t9?,10-,11?,13?,15-,16-,19-/m1/s1. The van der Waals surface area contributed by atoms with Crippen LogP contribution in [0.5, 0.6) is 0 Å². The SMILES string of the molecule is Nc1ncnc2c1ncn2[C@@H]1O[C@H](COP(=O)(O)OC(=O)CCCCC2SCC3NC(=O)NC32)[C@@H](O)[C@H]1O. The van der Waals surface area contributed by atoms with Gasteiger partial charge in [0.05, 0.1) is 25.0 Å². The number of fused-ring (bicyclic) bond motifs is 2. The van der Waals surface area contributed by atoms with E-state index < -0.39 is 44.9 Å². The number of urea groups is 1. The number of amides is 2. The number of hydrogen-bond acceptors (Lipinski definition) is 13. The number of nitrogens with two attached hydrogens (primary N) is 1. The predicted molar refractivity (Wildman–Crippen MR) is 131 cm³/mol. The van der Waals surface area contributed by atoms with Gasteiger partial charge in [-0.05, 0) is 12.8 Å². The Bertz CT molecular complexity index is 1250. The quantitative estimate of drug-likeness (QED) is 0.119. The van der Waals surface area contributed by atoms with Gasteiger partial charge in [-0.1, -0.05) is 6.42 Å². The molecule has 2 aromatic heterocycles.